The monoisotopic (exact) mass is 329 g/mol. The number of anilines is 1. The summed E-state index contributed by atoms with van der Waals surface area (Å²) >= 11 is 5.89. The van der Waals surface area contributed by atoms with Crippen LogP contribution < -0.4 is 5.32 Å². The van der Waals surface area contributed by atoms with Gasteiger partial charge in [-0.25, -0.2) is 4.39 Å². The molecule has 1 amide bonds. The van der Waals surface area contributed by atoms with Crippen LogP contribution in [0.3, 0.4) is 0 Å². The van der Waals surface area contributed by atoms with Crippen LogP contribution in [0.4, 0.5) is 10.1 Å². The third kappa shape index (κ3) is 3.24. The zero-order valence-corrected chi connectivity index (χ0v) is 13.0. The summed E-state index contributed by atoms with van der Waals surface area (Å²) in [5, 5.41) is 10.5. The van der Waals surface area contributed by atoms with Crippen LogP contribution in [0.25, 0.3) is 11.3 Å². The fraction of sp³-hybridized carbons (Fsp3) is 0.0588. The van der Waals surface area contributed by atoms with Gasteiger partial charge in [0.1, 0.15) is 11.5 Å². The van der Waals surface area contributed by atoms with Gasteiger partial charge in [0, 0.05) is 16.1 Å². The maximum atomic E-state index is 13.0. The van der Waals surface area contributed by atoms with Crippen molar-refractivity contribution in [1.82, 2.24) is 10.2 Å². The van der Waals surface area contributed by atoms with Crippen molar-refractivity contribution in [3.63, 3.8) is 0 Å². The lowest BCUT2D eigenvalue weighted by Gasteiger charge is -2.07. The molecule has 0 atom stereocenters. The van der Waals surface area contributed by atoms with Crippen molar-refractivity contribution in [2.24, 2.45) is 0 Å². The van der Waals surface area contributed by atoms with Gasteiger partial charge in [-0.1, -0.05) is 23.7 Å². The number of nitrogens with one attached hydrogen (secondary N) is 2. The fourth-order valence-corrected chi connectivity index (χ4v) is 2.31. The van der Waals surface area contributed by atoms with E-state index >= 15 is 0 Å². The maximum Gasteiger partial charge on any atom is 0.255 e. The Morgan fingerprint density at radius 1 is 1.13 bits per heavy atom. The first kappa shape index (κ1) is 15.2. The smallest absolute Gasteiger partial charge is 0.255 e. The van der Waals surface area contributed by atoms with Crippen molar-refractivity contribution < 1.29 is 9.18 Å². The van der Waals surface area contributed by atoms with Gasteiger partial charge in [0.2, 0.25) is 0 Å². The third-order valence-corrected chi connectivity index (χ3v) is 3.66. The molecule has 0 saturated carbocycles. The van der Waals surface area contributed by atoms with Crippen molar-refractivity contribution >= 4 is 23.2 Å². The van der Waals surface area contributed by atoms with E-state index in [0.717, 1.165) is 11.3 Å². The highest BCUT2D eigenvalue weighted by atomic mass is 35.5. The summed E-state index contributed by atoms with van der Waals surface area (Å²) in [6.07, 6.45) is 0. The minimum Gasteiger partial charge on any atom is -0.319 e. The standard InChI is InChI=1S/C17H13ClFN3O/c1-10-15(20-17(23)12-4-8-14(19)9-5-12)16(22-21-10)11-2-6-13(18)7-3-11/h2-9H,1H3,(H,20,23)(H,21,22). The van der Waals surface area contributed by atoms with E-state index < -0.39 is 0 Å². The fourth-order valence-electron chi connectivity index (χ4n) is 2.19. The van der Waals surface area contributed by atoms with E-state index in [1.807, 2.05) is 19.1 Å². The van der Waals surface area contributed by atoms with E-state index in [9.17, 15) is 9.18 Å². The summed E-state index contributed by atoms with van der Waals surface area (Å²) in [5.41, 5.74) is 3.13. The molecule has 0 spiro atoms. The van der Waals surface area contributed by atoms with Gasteiger partial charge in [-0.2, -0.15) is 5.10 Å². The lowest BCUT2D eigenvalue weighted by Crippen LogP contribution is -2.12. The first-order valence-corrected chi connectivity index (χ1v) is 7.30. The van der Waals surface area contributed by atoms with Gasteiger partial charge in [0.05, 0.1) is 11.4 Å². The molecule has 0 aliphatic carbocycles. The molecule has 0 bridgehead atoms. The molecule has 3 rings (SSSR count). The van der Waals surface area contributed by atoms with Gasteiger partial charge in [-0.3, -0.25) is 9.89 Å². The summed E-state index contributed by atoms with van der Waals surface area (Å²) in [6.45, 7) is 1.81. The number of nitrogens with zero attached hydrogens (tertiary/aromatic N) is 1. The number of carbonyl (C=O) groups is 1. The predicted molar refractivity (Wildman–Crippen MR) is 88.1 cm³/mol. The normalized spacial score (nSPS) is 10.6. The van der Waals surface area contributed by atoms with E-state index in [2.05, 4.69) is 15.5 Å². The van der Waals surface area contributed by atoms with E-state index in [0.29, 0.717) is 22.0 Å². The second-order valence-corrected chi connectivity index (χ2v) is 5.48. The van der Waals surface area contributed by atoms with Crippen LogP contribution in [-0.2, 0) is 0 Å². The van der Waals surface area contributed by atoms with Crippen molar-refractivity contribution in [1.29, 1.82) is 0 Å². The Bertz CT molecular complexity index is 841. The molecule has 2 N–H and O–H groups in total. The highest BCUT2D eigenvalue weighted by molar-refractivity contribution is 6.30. The van der Waals surface area contributed by atoms with Gasteiger partial charge in [-0.05, 0) is 43.3 Å². The van der Waals surface area contributed by atoms with Crippen molar-refractivity contribution in [2.45, 2.75) is 6.92 Å². The van der Waals surface area contributed by atoms with Crippen LogP contribution >= 0.6 is 11.6 Å². The molecular weight excluding hydrogens is 317 g/mol. The number of aromatic amines is 1. The van der Waals surface area contributed by atoms with E-state index in [4.69, 9.17) is 11.6 Å². The Kier molecular flexibility index (Phi) is 4.12. The minimum atomic E-state index is -0.386. The minimum absolute atomic E-state index is 0.329. The first-order chi connectivity index (χ1) is 11.0. The molecule has 6 heteroatoms. The van der Waals surface area contributed by atoms with Crippen LogP contribution in [0.5, 0.6) is 0 Å². The number of hydrogen-bond acceptors (Lipinski definition) is 2. The number of carbonyl (C=O) groups excluding carboxylic acids is 1. The summed E-state index contributed by atoms with van der Waals surface area (Å²) in [6, 6.07) is 12.5. The number of halogens is 2. The Morgan fingerprint density at radius 2 is 1.78 bits per heavy atom. The second-order valence-electron chi connectivity index (χ2n) is 5.04. The van der Waals surface area contributed by atoms with Crippen molar-refractivity contribution in [3.05, 3.63) is 70.6 Å². The summed E-state index contributed by atoms with van der Waals surface area (Å²) in [4.78, 5) is 12.3. The zero-order chi connectivity index (χ0) is 16.4. The SMILES string of the molecule is Cc1[nH]nc(-c2ccc(Cl)cc2)c1NC(=O)c1ccc(F)cc1. The zero-order valence-electron chi connectivity index (χ0n) is 12.2. The molecule has 23 heavy (non-hydrogen) atoms. The van der Waals surface area contributed by atoms with Crippen LogP contribution in [0.15, 0.2) is 48.5 Å². The second kappa shape index (κ2) is 6.22. The predicted octanol–water partition coefficient (Wildman–Crippen LogP) is 4.43. The Morgan fingerprint density at radius 3 is 2.43 bits per heavy atom. The third-order valence-electron chi connectivity index (χ3n) is 3.41. The first-order valence-electron chi connectivity index (χ1n) is 6.92. The van der Waals surface area contributed by atoms with Gasteiger partial charge < -0.3 is 5.32 Å². The Balaban J connectivity index is 1.91. The largest absolute Gasteiger partial charge is 0.319 e. The molecule has 1 heterocycles. The number of aromatic nitrogens is 2. The van der Waals surface area contributed by atoms with Gasteiger partial charge >= 0.3 is 0 Å². The molecule has 2 aromatic carbocycles. The molecule has 4 nitrogen and oxygen atoms in total. The molecule has 0 aliphatic rings. The molecule has 0 saturated heterocycles. The average Bonchev–Trinajstić information content (AvgIpc) is 2.90. The Hall–Kier alpha value is -2.66. The van der Waals surface area contributed by atoms with Crippen LogP contribution in [-0.4, -0.2) is 16.1 Å². The average molecular weight is 330 g/mol. The summed E-state index contributed by atoms with van der Waals surface area (Å²) in [7, 11) is 0. The Labute approximate surface area is 137 Å². The lowest BCUT2D eigenvalue weighted by molar-refractivity contribution is 0.102. The number of aryl methyl sites for hydroxylation is 1. The molecule has 0 radical (unpaired) electrons. The number of rotatable bonds is 3. The summed E-state index contributed by atoms with van der Waals surface area (Å²) in [5.74, 6) is -0.715. The molecule has 3 aromatic rings. The molecular formula is C17H13ClFN3O. The van der Waals surface area contributed by atoms with Gasteiger partial charge in [0.25, 0.3) is 5.91 Å². The van der Waals surface area contributed by atoms with Crippen molar-refractivity contribution in [3.8, 4) is 11.3 Å². The van der Waals surface area contributed by atoms with Crippen molar-refractivity contribution in [2.75, 3.05) is 5.32 Å². The molecule has 116 valence electrons. The lowest BCUT2D eigenvalue weighted by atomic mass is 10.1. The van der Waals surface area contributed by atoms with E-state index in [1.165, 1.54) is 24.3 Å². The number of H-pyrrole nitrogens is 1. The highest BCUT2D eigenvalue weighted by Gasteiger charge is 2.16. The maximum absolute atomic E-state index is 13.0. The molecule has 0 aliphatic heterocycles. The van der Waals surface area contributed by atoms with Crippen LogP contribution in [0.1, 0.15) is 16.1 Å². The summed E-state index contributed by atoms with van der Waals surface area (Å²) < 4.78 is 13.0. The van der Waals surface area contributed by atoms with E-state index in [-0.39, 0.29) is 11.7 Å². The number of benzene rings is 2. The molecule has 0 unspecified atom stereocenters. The molecule has 0 fully saturated rings. The van der Waals surface area contributed by atoms with Gasteiger partial charge in [-0.15, -0.1) is 0 Å². The van der Waals surface area contributed by atoms with Crippen LogP contribution in [0, 0.1) is 12.7 Å². The number of amides is 1. The number of hydrogen-bond donors (Lipinski definition) is 2. The quantitative estimate of drug-likeness (QED) is 0.746. The van der Waals surface area contributed by atoms with Crippen LogP contribution in [0.2, 0.25) is 5.02 Å². The van der Waals surface area contributed by atoms with E-state index in [1.54, 1.807) is 12.1 Å². The van der Waals surface area contributed by atoms with Gasteiger partial charge in [0.15, 0.2) is 0 Å². The topological polar surface area (TPSA) is 57.8 Å². The highest BCUT2D eigenvalue weighted by Crippen LogP contribution is 2.29. The molecule has 1 aromatic heterocycles.